The van der Waals surface area contributed by atoms with Crippen molar-refractivity contribution in [3.63, 3.8) is 0 Å². The maximum absolute atomic E-state index is 12.4. The highest BCUT2D eigenvalue weighted by molar-refractivity contribution is 14.1. The first kappa shape index (κ1) is 14.8. The predicted molar refractivity (Wildman–Crippen MR) is 87.8 cm³/mol. The van der Waals surface area contributed by atoms with Crippen LogP contribution >= 0.6 is 22.6 Å². The number of nitrogens with zero attached hydrogens (tertiary/aromatic N) is 1. The minimum Gasteiger partial charge on any atom is -0.507 e. The highest BCUT2D eigenvalue weighted by Crippen LogP contribution is 2.21. The van der Waals surface area contributed by atoms with Crippen LogP contribution in [0.4, 0.5) is 0 Å². The number of hydrogen-bond donors (Lipinski definition) is 1. The van der Waals surface area contributed by atoms with Gasteiger partial charge in [-0.25, -0.2) is 0 Å². The molecule has 2 aromatic carbocycles. The van der Waals surface area contributed by atoms with E-state index in [2.05, 4.69) is 22.6 Å². The highest BCUT2D eigenvalue weighted by Gasteiger charge is 2.16. The molecule has 0 aliphatic carbocycles. The van der Waals surface area contributed by atoms with Gasteiger partial charge in [0.1, 0.15) is 5.75 Å². The minimum atomic E-state index is -0.179. The van der Waals surface area contributed by atoms with E-state index in [0.717, 1.165) is 9.13 Å². The summed E-state index contributed by atoms with van der Waals surface area (Å²) in [5, 5.41) is 9.81. The number of carbonyl (C=O) groups is 1. The molecule has 20 heavy (non-hydrogen) atoms. The van der Waals surface area contributed by atoms with Crippen molar-refractivity contribution in [3.05, 3.63) is 62.7 Å². The van der Waals surface area contributed by atoms with Gasteiger partial charge < -0.3 is 10.0 Å². The van der Waals surface area contributed by atoms with Crippen molar-refractivity contribution in [1.29, 1.82) is 0 Å². The lowest BCUT2D eigenvalue weighted by atomic mass is 10.1. The fourth-order valence-electron chi connectivity index (χ4n) is 1.92. The van der Waals surface area contributed by atoms with Gasteiger partial charge in [0.05, 0.1) is 5.56 Å². The van der Waals surface area contributed by atoms with E-state index in [1.54, 1.807) is 30.1 Å². The molecule has 2 aromatic rings. The van der Waals surface area contributed by atoms with E-state index in [9.17, 15) is 9.90 Å². The van der Waals surface area contributed by atoms with E-state index in [1.165, 1.54) is 5.56 Å². The average Bonchev–Trinajstić information content (AvgIpc) is 2.43. The van der Waals surface area contributed by atoms with Crippen LogP contribution in [0.3, 0.4) is 0 Å². The summed E-state index contributed by atoms with van der Waals surface area (Å²) in [6, 6.07) is 13.1. The third-order valence-electron chi connectivity index (χ3n) is 3.08. The third kappa shape index (κ3) is 3.50. The number of carbonyl (C=O) groups excluding carboxylic acids is 1. The first-order chi connectivity index (χ1) is 9.47. The Morgan fingerprint density at radius 3 is 2.50 bits per heavy atom. The first-order valence-corrected chi connectivity index (χ1v) is 7.35. The summed E-state index contributed by atoms with van der Waals surface area (Å²) in [5.41, 5.74) is 2.60. The lowest BCUT2D eigenvalue weighted by molar-refractivity contribution is 0.0782. The van der Waals surface area contributed by atoms with Gasteiger partial charge >= 0.3 is 0 Å². The van der Waals surface area contributed by atoms with E-state index in [1.807, 2.05) is 31.2 Å². The van der Waals surface area contributed by atoms with Crippen LogP contribution in [0.5, 0.6) is 5.75 Å². The van der Waals surface area contributed by atoms with Crippen molar-refractivity contribution in [2.75, 3.05) is 7.05 Å². The first-order valence-electron chi connectivity index (χ1n) is 6.27. The number of phenols is 1. The summed E-state index contributed by atoms with van der Waals surface area (Å²) in [6.07, 6.45) is 0. The fourth-order valence-corrected chi connectivity index (χ4v) is 2.42. The van der Waals surface area contributed by atoms with Gasteiger partial charge in [0.2, 0.25) is 0 Å². The summed E-state index contributed by atoms with van der Waals surface area (Å²) in [4.78, 5) is 14.0. The normalized spacial score (nSPS) is 10.3. The fraction of sp³-hybridized carbons (Fsp3) is 0.188. The van der Waals surface area contributed by atoms with E-state index < -0.39 is 0 Å². The van der Waals surface area contributed by atoms with Gasteiger partial charge in [0, 0.05) is 17.2 Å². The van der Waals surface area contributed by atoms with Gasteiger partial charge in [0.15, 0.2) is 0 Å². The van der Waals surface area contributed by atoms with Crippen LogP contribution < -0.4 is 0 Å². The molecule has 0 heterocycles. The maximum Gasteiger partial charge on any atom is 0.257 e. The quantitative estimate of drug-likeness (QED) is 0.826. The van der Waals surface area contributed by atoms with E-state index >= 15 is 0 Å². The summed E-state index contributed by atoms with van der Waals surface area (Å²) >= 11 is 2.12. The molecule has 1 amide bonds. The van der Waals surface area contributed by atoms with Crippen LogP contribution in [0.15, 0.2) is 42.5 Å². The van der Waals surface area contributed by atoms with Crippen molar-refractivity contribution in [1.82, 2.24) is 4.90 Å². The standard InChI is InChI=1S/C16H16INO2/c1-11-3-5-12(6-4-11)10-18(2)16(20)14-9-13(17)7-8-15(14)19/h3-9,19H,10H2,1-2H3. The molecule has 0 atom stereocenters. The molecule has 0 unspecified atom stereocenters. The van der Waals surface area contributed by atoms with E-state index in [0.29, 0.717) is 12.1 Å². The molecule has 0 spiro atoms. The molecule has 0 fully saturated rings. The van der Waals surface area contributed by atoms with Crippen molar-refractivity contribution in [3.8, 4) is 5.75 Å². The lowest BCUT2D eigenvalue weighted by Gasteiger charge is -2.18. The second kappa shape index (κ2) is 6.26. The Kier molecular flexibility index (Phi) is 4.65. The van der Waals surface area contributed by atoms with Crippen LogP contribution in [0.25, 0.3) is 0 Å². The Bertz CT molecular complexity index is 623. The van der Waals surface area contributed by atoms with Crippen LogP contribution in [-0.2, 0) is 6.54 Å². The van der Waals surface area contributed by atoms with Crippen molar-refractivity contribution in [2.24, 2.45) is 0 Å². The van der Waals surface area contributed by atoms with Gasteiger partial charge in [0.25, 0.3) is 5.91 Å². The second-order valence-electron chi connectivity index (χ2n) is 4.81. The topological polar surface area (TPSA) is 40.5 Å². The molecule has 0 aliphatic rings. The number of phenolic OH excluding ortho intramolecular Hbond substituents is 1. The van der Waals surface area contributed by atoms with Gasteiger partial charge in [-0.15, -0.1) is 0 Å². The second-order valence-corrected chi connectivity index (χ2v) is 6.05. The van der Waals surface area contributed by atoms with Crippen LogP contribution in [0, 0.1) is 10.5 Å². The zero-order valence-electron chi connectivity index (χ0n) is 11.4. The number of halogens is 1. The van der Waals surface area contributed by atoms with Gasteiger partial charge in [-0.3, -0.25) is 4.79 Å². The summed E-state index contributed by atoms with van der Waals surface area (Å²) in [7, 11) is 1.74. The molecule has 104 valence electrons. The molecule has 3 nitrogen and oxygen atoms in total. The molecule has 0 aromatic heterocycles. The number of benzene rings is 2. The number of aryl methyl sites for hydroxylation is 1. The molecule has 4 heteroatoms. The molecule has 0 radical (unpaired) electrons. The summed E-state index contributed by atoms with van der Waals surface area (Å²) in [6.45, 7) is 2.55. The van der Waals surface area contributed by atoms with E-state index in [-0.39, 0.29) is 11.7 Å². The smallest absolute Gasteiger partial charge is 0.257 e. The van der Waals surface area contributed by atoms with Gasteiger partial charge in [-0.05, 0) is 53.3 Å². The average molecular weight is 381 g/mol. The van der Waals surface area contributed by atoms with E-state index in [4.69, 9.17) is 0 Å². The third-order valence-corrected chi connectivity index (χ3v) is 3.75. The largest absolute Gasteiger partial charge is 0.507 e. The van der Waals surface area contributed by atoms with Crippen LogP contribution in [0.2, 0.25) is 0 Å². The number of rotatable bonds is 3. The van der Waals surface area contributed by atoms with Crippen LogP contribution in [0.1, 0.15) is 21.5 Å². The SMILES string of the molecule is Cc1ccc(CN(C)C(=O)c2cc(I)ccc2O)cc1. The van der Waals surface area contributed by atoms with Gasteiger partial charge in [-0.2, -0.15) is 0 Å². The Morgan fingerprint density at radius 1 is 1.20 bits per heavy atom. The molecular formula is C16H16INO2. The van der Waals surface area contributed by atoms with Gasteiger partial charge in [-0.1, -0.05) is 29.8 Å². The molecule has 0 bridgehead atoms. The number of aromatic hydroxyl groups is 1. The number of amides is 1. The Balaban J connectivity index is 2.16. The minimum absolute atomic E-state index is 0.0196. The lowest BCUT2D eigenvalue weighted by Crippen LogP contribution is -2.26. The Morgan fingerprint density at radius 2 is 1.85 bits per heavy atom. The van der Waals surface area contributed by atoms with Crippen molar-refractivity contribution < 1.29 is 9.90 Å². The predicted octanol–water partition coefficient (Wildman–Crippen LogP) is 3.58. The summed E-state index contributed by atoms with van der Waals surface area (Å²) < 4.78 is 0.924. The van der Waals surface area contributed by atoms with Crippen molar-refractivity contribution >= 4 is 28.5 Å². The Labute approximate surface area is 132 Å². The molecule has 2 rings (SSSR count). The highest BCUT2D eigenvalue weighted by atomic mass is 127. The molecular weight excluding hydrogens is 365 g/mol. The Hall–Kier alpha value is -1.56. The molecule has 0 aliphatic heterocycles. The zero-order chi connectivity index (χ0) is 14.7. The molecule has 0 saturated carbocycles. The van der Waals surface area contributed by atoms with Crippen LogP contribution in [-0.4, -0.2) is 23.0 Å². The molecule has 0 saturated heterocycles. The summed E-state index contributed by atoms with van der Waals surface area (Å²) in [5.74, 6) is -0.159. The maximum atomic E-state index is 12.4. The zero-order valence-corrected chi connectivity index (χ0v) is 13.6. The van der Waals surface area contributed by atoms with Crippen molar-refractivity contribution in [2.45, 2.75) is 13.5 Å². The molecule has 1 N–H and O–H groups in total. The number of hydrogen-bond acceptors (Lipinski definition) is 2. The monoisotopic (exact) mass is 381 g/mol.